The second-order valence-electron chi connectivity index (χ2n) is 4.78. The Kier molecular flexibility index (Phi) is 3.39. The van der Waals surface area contributed by atoms with Crippen LogP contribution in [-0.2, 0) is 0 Å². The Hall–Kier alpha value is -1.15. The predicted molar refractivity (Wildman–Crippen MR) is 65.6 cm³/mol. The van der Waals surface area contributed by atoms with Gasteiger partial charge < -0.3 is 4.90 Å². The molecule has 2 unspecified atom stereocenters. The number of likely N-dealkylation sites (tertiary alicyclic amines) is 1. The first kappa shape index (κ1) is 11.3. The van der Waals surface area contributed by atoms with Crippen LogP contribution in [0.25, 0.3) is 0 Å². The van der Waals surface area contributed by atoms with Crippen LogP contribution in [0.5, 0.6) is 0 Å². The molecule has 0 bridgehead atoms. The maximum Gasteiger partial charge on any atom is 0.166 e. The van der Waals surface area contributed by atoms with Crippen molar-refractivity contribution in [3.63, 3.8) is 0 Å². The number of hydrogen-bond donors (Lipinski definition) is 0. The molecule has 1 aliphatic rings. The van der Waals surface area contributed by atoms with E-state index in [0.29, 0.717) is 11.8 Å². The number of Topliss-reactive ketones (excluding diaryl/α,β-unsaturated/α-hetero) is 1. The Balaban J connectivity index is 2.06. The lowest BCUT2D eigenvalue weighted by Gasteiger charge is -2.34. The highest BCUT2D eigenvalue weighted by atomic mass is 16.1. The minimum absolute atomic E-state index is 0.216. The number of rotatable bonds is 2. The van der Waals surface area contributed by atoms with Crippen LogP contribution in [0, 0.1) is 5.92 Å². The summed E-state index contributed by atoms with van der Waals surface area (Å²) in [6.07, 6.45) is 1.98. The molecule has 1 heterocycles. The zero-order chi connectivity index (χ0) is 11.5. The zero-order valence-corrected chi connectivity index (χ0v) is 10.0. The molecule has 2 atom stereocenters. The maximum atomic E-state index is 12.2. The quantitative estimate of drug-likeness (QED) is 0.710. The molecule has 0 aliphatic carbocycles. The van der Waals surface area contributed by atoms with Crippen molar-refractivity contribution in [1.29, 1.82) is 0 Å². The van der Waals surface area contributed by atoms with Gasteiger partial charge in [0.05, 0.1) is 0 Å². The lowest BCUT2D eigenvalue weighted by Crippen LogP contribution is -2.40. The first-order chi connectivity index (χ1) is 7.68. The van der Waals surface area contributed by atoms with E-state index in [-0.39, 0.29) is 5.92 Å². The van der Waals surface area contributed by atoms with E-state index >= 15 is 0 Å². The van der Waals surface area contributed by atoms with Crippen LogP contribution in [0.4, 0.5) is 0 Å². The largest absolute Gasteiger partial charge is 0.304 e. The monoisotopic (exact) mass is 217 g/mol. The van der Waals surface area contributed by atoms with E-state index in [1.165, 1.54) is 0 Å². The molecule has 0 N–H and O–H groups in total. The third-order valence-electron chi connectivity index (χ3n) is 3.64. The van der Waals surface area contributed by atoms with Gasteiger partial charge in [-0.3, -0.25) is 4.79 Å². The van der Waals surface area contributed by atoms with Crippen LogP contribution in [0.3, 0.4) is 0 Å². The molecule has 0 amide bonds. The summed E-state index contributed by atoms with van der Waals surface area (Å²) in [7, 11) is 2.13. The summed E-state index contributed by atoms with van der Waals surface area (Å²) in [6, 6.07) is 10.2. The smallest absolute Gasteiger partial charge is 0.166 e. The van der Waals surface area contributed by atoms with Crippen molar-refractivity contribution >= 4 is 5.78 Å². The molecule has 0 radical (unpaired) electrons. The Labute approximate surface area is 97.3 Å². The average Bonchev–Trinajstić information content (AvgIpc) is 2.33. The van der Waals surface area contributed by atoms with E-state index in [1.807, 2.05) is 30.3 Å². The third kappa shape index (κ3) is 2.33. The van der Waals surface area contributed by atoms with Gasteiger partial charge in [-0.1, -0.05) is 30.3 Å². The van der Waals surface area contributed by atoms with Crippen molar-refractivity contribution < 1.29 is 4.79 Å². The molecule has 1 aromatic rings. The predicted octanol–water partition coefficient (Wildman–Crippen LogP) is 2.60. The number of carbonyl (C=O) groups is 1. The Morgan fingerprint density at radius 1 is 1.31 bits per heavy atom. The summed E-state index contributed by atoms with van der Waals surface area (Å²) in [5.74, 6) is 0.536. The fraction of sp³-hybridized carbons (Fsp3) is 0.500. The summed E-state index contributed by atoms with van der Waals surface area (Å²) in [6.45, 7) is 3.23. The molecule has 86 valence electrons. The second-order valence-corrected chi connectivity index (χ2v) is 4.78. The molecule has 2 nitrogen and oxygen atoms in total. The summed E-state index contributed by atoms with van der Waals surface area (Å²) in [4.78, 5) is 14.6. The molecule has 0 spiro atoms. The number of carbonyl (C=O) groups excluding carboxylic acids is 1. The van der Waals surface area contributed by atoms with Crippen molar-refractivity contribution in [3.05, 3.63) is 35.9 Å². The van der Waals surface area contributed by atoms with Crippen molar-refractivity contribution in [2.24, 2.45) is 5.92 Å². The lowest BCUT2D eigenvalue weighted by atomic mass is 9.86. The van der Waals surface area contributed by atoms with Gasteiger partial charge in [0.25, 0.3) is 0 Å². The molecule has 1 aromatic carbocycles. The van der Waals surface area contributed by atoms with Crippen LogP contribution in [-0.4, -0.2) is 30.3 Å². The van der Waals surface area contributed by atoms with E-state index in [9.17, 15) is 4.79 Å². The fourth-order valence-corrected chi connectivity index (χ4v) is 2.37. The summed E-state index contributed by atoms with van der Waals surface area (Å²) in [5, 5.41) is 0. The SMILES string of the molecule is CC1CC(C(=O)c2ccccc2)CCN1C. The van der Waals surface area contributed by atoms with Gasteiger partial charge in [0, 0.05) is 17.5 Å². The fourth-order valence-electron chi connectivity index (χ4n) is 2.37. The molecule has 1 saturated heterocycles. The summed E-state index contributed by atoms with van der Waals surface area (Å²) < 4.78 is 0. The number of benzene rings is 1. The zero-order valence-electron chi connectivity index (χ0n) is 10.0. The minimum Gasteiger partial charge on any atom is -0.304 e. The van der Waals surface area contributed by atoms with Gasteiger partial charge >= 0.3 is 0 Å². The van der Waals surface area contributed by atoms with Gasteiger partial charge in [0.15, 0.2) is 5.78 Å². The van der Waals surface area contributed by atoms with E-state index in [2.05, 4.69) is 18.9 Å². The van der Waals surface area contributed by atoms with E-state index in [1.54, 1.807) is 0 Å². The second kappa shape index (κ2) is 4.79. The lowest BCUT2D eigenvalue weighted by molar-refractivity contribution is 0.0800. The molecule has 1 aliphatic heterocycles. The van der Waals surface area contributed by atoms with Gasteiger partial charge in [-0.25, -0.2) is 0 Å². The molecule has 2 rings (SSSR count). The Morgan fingerprint density at radius 3 is 2.62 bits per heavy atom. The van der Waals surface area contributed by atoms with Crippen LogP contribution in [0.1, 0.15) is 30.1 Å². The van der Waals surface area contributed by atoms with E-state index < -0.39 is 0 Å². The minimum atomic E-state index is 0.216. The Bertz CT molecular complexity index is 360. The van der Waals surface area contributed by atoms with Crippen LogP contribution in [0.15, 0.2) is 30.3 Å². The van der Waals surface area contributed by atoms with Crippen molar-refractivity contribution in [2.75, 3.05) is 13.6 Å². The van der Waals surface area contributed by atoms with Gasteiger partial charge in [0.1, 0.15) is 0 Å². The van der Waals surface area contributed by atoms with Crippen LogP contribution in [0.2, 0.25) is 0 Å². The van der Waals surface area contributed by atoms with Crippen molar-refractivity contribution in [1.82, 2.24) is 4.90 Å². The number of piperidine rings is 1. The molecule has 0 aromatic heterocycles. The first-order valence-corrected chi connectivity index (χ1v) is 5.98. The maximum absolute atomic E-state index is 12.2. The van der Waals surface area contributed by atoms with Crippen molar-refractivity contribution in [2.45, 2.75) is 25.8 Å². The molecular formula is C14H19NO. The molecule has 2 heteroatoms. The van der Waals surface area contributed by atoms with Gasteiger partial charge in [-0.15, -0.1) is 0 Å². The molecule has 1 fully saturated rings. The molecule has 0 saturated carbocycles. The number of nitrogens with zero attached hydrogens (tertiary/aromatic N) is 1. The number of ketones is 1. The van der Waals surface area contributed by atoms with Crippen molar-refractivity contribution in [3.8, 4) is 0 Å². The van der Waals surface area contributed by atoms with Gasteiger partial charge in [-0.2, -0.15) is 0 Å². The van der Waals surface area contributed by atoms with Crippen LogP contribution >= 0.6 is 0 Å². The van der Waals surface area contributed by atoms with Crippen LogP contribution < -0.4 is 0 Å². The van der Waals surface area contributed by atoms with Gasteiger partial charge in [-0.05, 0) is 33.4 Å². The highest BCUT2D eigenvalue weighted by molar-refractivity contribution is 5.97. The molecular weight excluding hydrogens is 198 g/mol. The van der Waals surface area contributed by atoms with Gasteiger partial charge in [0.2, 0.25) is 0 Å². The average molecular weight is 217 g/mol. The third-order valence-corrected chi connectivity index (χ3v) is 3.64. The highest BCUT2D eigenvalue weighted by Gasteiger charge is 2.28. The molecule has 16 heavy (non-hydrogen) atoms. The Morgan fingerprint density at radius 2 is 2.00 bits per heavy atom. The number of hydrogen-bond acceptors (Lipinski definition) is 2. The van der Waals surface area contributed by atoms with E-state index in [4.69, 9.17) is 0 Å². The summed E-state index contributed by atoms with van der Waals surface area (Å²) >= 11 is 0. The normalized spacial score (nSPS) is 26.6. The first-order valence-electron chi connectivity index (χ1n) is 5.98. The standard InChI is InChI=1S/C14H19NO/c1-11-10-13(8-9-15(11)2)14(16)12-6-4-3-5-7-12/h3-7,11,13H,8-10H2,1-2H3. The summed E-state index contributed by atoms with van der Waals surface area (Å²) in [5.41, 5.74) is 0.865. The van der Waals surface area contributed by atoms with E-state index in [0.717, 1.165) is 24.9 Å². The highest BCUT2D eigenvalue weighted by Crippen LogP contribution is 2.24. The topological polar surface area (TPSA) is 20.3 Å².